The predicted molar refractivity (Wildman–Crippen MR) is 61.2 cm³/mol. The number of hydrogen-bond donors (Lipinski definition) is 0. The maximum atomic E-state index is 13.5. The second-order valence-electron chi connectivity index (χ2n) is 3.53. The maximum absolute atomic E-state index is 13.5. The van der Waals surface area contributed by atoms with Crippen molar-refractivity contribution in [2.75, 3.05) is 0 Å². The molecule has 0 aliphatic heterocycles. The molecule has 0 aliphatic carbocycles. The molecule has 2 aromatic rings. The summed E-state index contributed by atoms with van der Waals surface area (Å²) < 4.78 is 13.5. The molecule has 15 heavy (non-hydrogen) atoms. The Morgan fingerprint density at radius 1 is 1.00 bits per heavy atom. The molecule has 0 nitrogen and oxygen atoms in total. The lowest BCUT2D eigenvalue weighted by Gasteiger charge is -2.04. The van der Waals surface area contributed by atoms with Gasteiger partial charge in [0.2, 0.25) is 0 Å². The van der Waals surface area contributed by atoms with Gasteiger partial charge in [0.15, 0.2) is 0 Å². The third-order valence-corrected chi connectivity index (χ3v) is 2.52. The zero-order valence-electron chi connectivity index (χ0n) is 8.70. The molecule has 2 aromatic carbocycles. The highest BCUT2D eigenvalue weighted by molar-refractivity contribution is 5.64. The SMILES string of the molecule is CCc1cccc(-c2ccccc2F)c1. The van der Waals surface area contributed by atoms with Crippen molar-refractivity contribution < 1.29 is 4.39 Å². The molecule has 0 aliphatic rings. The van der Waals surface area contributed by atoms with Crippen LogP contribution in [0, 0.1) is 5.82 Å². The van der Waals surface area contributed by atoms with Gasteiger partial charge in [-0.15, -0.1) is 0 Å². The van der Waals surface area contributed by atoms with Crippen molar-refractivity contribution in [2.24, 2.45) is 0 Å². The third-order valence-electron chi connectivity index (χ3n) is 2.52. The van der Waals surface area contributed by atoms with Gasteiger partial charge in [-0.2, -0.15) is 0 Å². The largest absolute Gasteiger partial charge is 0.206 e. The smallest absolute Gasteiger partial charge is 0.131 e. The Hall–Kier alpha value is -1.63. The molecule has 2 rings (SSSR count). The number of benzene rings is 2. The van der Waals surface area contributed by atoms with Crippen LogP contribution in [0.4, 0.5) is 4.39 Å². The van der Waals surface area contributed by atoms with Gasteiger partial charge in [-0.1, -0.05) is 49.4 Å². The quantitative estimate of drug-likeness (QED) is 0.686. The lowest BCUT2D eigenvalue weighted by molar-refractivity contribution is 0.631. The first-order chi connectivity index (χ1) is 7.31. The van der Waals surface area contributed by atoms with Gasteiger partial charge in [0.05, 0.1) is 0 Å². The van der Waals surface area contributed by atoms with Crippen molar-refractivity contribution >= 4 is 0 Å². The molecule has 0 unspecified atom stereocenters. The van der Waals surface area contributed by atoms with E-state index in [0.29, 0.717) is 5.56 Å². The van der Waals surface area contributed by atoms with Crippen LogP contribution in [0.2, 0.25) is 0 Å². The summed E-state index contributed by atoms with van der Waals surface area (Å²) in [6, 6.07) is 14.9. The van der Waals surface area contributed by atoms with E-state index in [1.165, 1.54) is 11.6 Å². The van der Waals surface area contributed by atoms with E-state index in [-0.39, 0.29) is 5.82 Å². The highest BCUT2D eigenvalue weighted by atomic mass is 19.1. The molecular weight excluding hydrogens is 187 g/mol. The molecule has 1 heteroatoms. The minimum atomic E-state index is -0.161. The number of aryl methyl sites for hydroxylation is 1. The Morgan fingerprint density at radius 2 is 1.80 bits per heavy atom. The second-order valence-corrected chi connectivity index (χ2v) is 3.53. The van der Waals surface area contributed by atoms with Gasteiger partial charge in [-0.25, -0.2) is 4.39 Å². The van der Waals surface area contributed by atoms with E-state index >= 15 is 0 Å². The standard InChI is InChI=1S/C14H13F/c1-2-11-6-5-7-12(10-11)13-8-3-4-9-14(13)15/h3-10H,2H2,1H3. The minimum absolute atomic E-state index is 0.161. The van der Waals surface area contributed by atoms with E-state index < -0.39 is 0 Å². The van der Waals surface area contributed by atoms with Crippen molar-refractivity contribution in [2.45, 2.75) is 13.3 Å². The van der Waals surface area contributed by atoms with Crippen LogP contribution in [0.15, 0.2) is 48.5 Å². The summed E-state index contributed by atoms with van der Waals surface area (Å²) in [6.07, 6.45) is 0.974. The van der Waals surface area contributed by atoms with Gasteiger partial charge in [0.25, 0.3) is 0 Å². The van der Waals surface area contributed by atoms with E-state index in [9.17, 15) is 4.39 Å². The number of halogens is 1. The minimum Gasteiger partial charge on any atom is -0.206 e. The van der Waals surface area contributed by atoms with Gasteiger partial charge >= 0.3 is 0 Å². The average Bonchev–Trinajstić information content (AvgIpc) is 2.30. The van der Waals surface area contributed by atoms with Gasteiger partial charge in [0, 0.05) is 5.56 Å². The molecule has 0 fully saturated rings. The Labute approximate surface area is 89.4 Å². The van der Waals surface area contributed by atoms with Crippen molar-refractivity contribution in [1.29, 1.82) is 0 Å². The first-order valence-electron chi connectivity index (χ1n) is 5.15. The topological polar surface area (TPSA) is 0 Å². The summed E-state index contributed by atoms with van der Waals surface area (Å²) >= 11 is 0. The summed E-state index contributed by atoms with van der Waals surface area (Å²) in [4.78, 5) is 0. The summed E-state index contributed by atoms with van der Waals surface area (Å²) in [7, 11) is 0. The number of hydrogen-bond acceptors (Lipinski definition) is 0. The van der Waals surface area contributed by atoms with Crippen LogP contribution >= 0.6 is 0 Å². The van der Waals surface area contributed by atoms with E-state index in [1.807, 2.05) is 30.3 Å². The van der Waals surface area contributed by atoms with Crippen molar-refractivity contribution in [3.8, 4) is 11.1 Å². The van der Waals surface area contributed by atoms with Gasteiger partial charge in [-0.05, 0) is 23.6 Å². The molecule has 0 amide bonds. The Morgan fingerprint density at radius 3 is 2.53 bits per heavy atom. The maximum Gasteiger partial charge on any atom is 0.131 e. The fourth-order valence-electron chi connectivity index (χ4n) is 1.65. The first kappa shape index (κ1) is 9.91. The van der Waals surface area contributed by atoms with Crippen LogP contribution in [0.3, 0.4) is 0 Å². The zero-order valence-corrected chi connectivity index (χ0v) is 8.70. The molecule has 0 heterocycles. The fourth-order valence-corrected chi connectivity index (χ4v) is 1.65. The van der Waals surface area contributed by atoms with Crippen molar-refractivity contribution in [3.05, 3.63) is 59.9 Å². The van der Waals surface area contributed by atoms with Crippen molar-refractivity contribution in [1.82, 2.24) is 0 Å². The summed E-state index contributed by atoms with van der Waals surface area (Å²) in [5, 5.41) is 0. The van der Waals surface area contributed by atoms with Crippen LogP contribution in [-0.2, 0) is 6.42 Å². The second kappa shape index (κ2) is 4.26. The summed E-state index contributed by atoms with van der Waals surface area (Å²) in [5.41, 5.74) is 2.86. The summed E-state index contributed by atoms with van der Waals surface area (Å²) in [6.45, 7) is 2.10. The third kappa shape index (κ3) is 2.07. The normalized spacial score (nSPS) is 10.3. The Kier molecular flexibility index (Phi) is 2.82. The van der Waals surface area contributed by atoms with Gasteiger partial charge in [-0.3, -0.25) is 0 Å². The predicted octanol–water partition coefficient (Wildman–Crippen LogP) is 4.06. The van der Waals surface area contributed by atoms with Crippen LogP contribution < -0.4 is 0 Å². The summed E-state index contributed by atoms with van der Waals surface area (Å²) in [5.74, 6) is -0.161. The molecular formula is C14H13F. The molecule has 0 aromatic heterocycles. The molecule has 0 radical (unpaired) electrons. The molecule has 0 N–H and O–H groups in total. The van der Waals surface area contributed by atoms with Gasteiger partial charge < -0.3 is 0 Å². The highest BCUT2D eigenvalue weighted by Crippen LogP contribution is 2.23. The van der Waals surface area contributed by atoms with Gasteiger partial charge in [0.1, 0.15) is 5.82 Å². The van der Waals surface area contributed by atoms with Crippen LogP contribution in [0.1, 0.15) is 12.5 Å². The molecule has 0 bridgehead atoms. The van der Waals surface area contributed by atoms with Crippen LogP contribution in [0.5, 0.6) is 0 Å². The van der Waals surface area contributed by atoms with Crippen LogP contribution in [0.25, 0.3) is 11.1 Å². The lowest BCUT2D eigenvalue weighted by Crippen LogP contribution is -1.85. The van der Waals surface area contributed by atoms with E-state index in [4.69, 9.17) is 0 Å². The van der Waals surface area contributed by atoms with E-state index in [2.05, 4.69) is 13.0 Å². The highest BCUT2D eigenvalue weighted by Gasteiger charge is 2.03. The first-order valence-corrected chi connectivity index (χ1v) is 5.15. The average molecular weight is 200 g/mol. The van der Waals surface area contributed by atoms with Crippen LogP contribution in [-0.4, -0.2) is 0 Å². The van der Waals surface area contributed by atoms with E-state index in [1.54, 1.807) is 6.07 Å². The molecule has 0 spiro atoms. The zero-order chi connectivity index (χ0) is 10.7. The monoisotopic (exact) mass is 200 g/mol. The fraction of sp³-hybridized carbons (Fsp3) is 0.143. The number of rotatable bonds is 2. The van der Waals surface area contributed by atoms with Crippen molar-refractivity contribution in [3.63, 3.8) is 0 Å². The lowest BCUT2D eigenvalue weighted by atomic mass is 10.0. The molecule has 0 atom stereocenters. The van der Waals surface area contributed by atoms with E-state index in [0.717, 1.165) is 12.0 Å². The molecule has 0 saturated heterocycles. The Bertz CT molecular complexity index is 460. The Balaban J connectivity index is 2.49. The molecule has 0 saturated carbocycles. The molecule has 76 valence electrons.